The van der Waals surface area contributed by atoms with E-state index in [1.165, 1.54) is 16.3 Å². The minimum atomic E-state index is -0.942. The van der Waals surface area contributed by atoms with Gasteiger partial charge in [0.1, 0.15) is 0 Å². The highest BCUT2D eigenvalue weighted by molar-refractivity contribution is 5.93. The fourth-order valence-corrected chi connectivity index (χ4v) is 3.40. The van der Waals surface area contributed by atoms with Crippen molar-refractivity contribution in [1.82, 2.24) is 0 Å². The van der Waals surface area contributed by atoms with Crippen molar-refractivity contribution >= 4 is 16.3 Å². The van der Waals surface area contributed by atoms with Gasteiger partial charge in [-0.3, -0.25) is 0 Å². The Balaban J connectivity index is 2.64. The number of aliphatic hydroxyl groups is 1. The molecule has 0 heterocycles. The van der Waals surface area contributed by atoms with Crippen molar-refractivity contribution in [3.63, 3.8) is 0 Å². The molecule has 0 aliphatic heterocycles. The van der Waals surface area contributed by atoms with Gasteiger partial charge in [0.05, 0.1) is 16.8 Å². The largest absolute Gasteiger partial charge is 0.387 e. The first-order valence-corrected chi connectivity index (χ1v) is 9.59. The first-order valence-electron chi connectivity index (χ1n) is 9.59. The van der Waals surface area contributed by atoms with Crippen LogP contribution in [0.3, 0.4) is 0 Å². The maximum Gasteiger partial charge on any atom is 0.0935 e. The van der Waals surface area contributed by atoms with Gasteiger partial charge in [0, 0.05) is 0 Å². The van der Waals surface area contributed by atoms with Gasteiger partial charge in [-0.25, -0.2) is 0 Å². The number of fused-ring (bicyclic) bond motifs is 1. The van der Waals surface area contributed by atoms with Crippen LogP contribution in [0, 0.1) is 0 Å². The van der Waals surface area contributed by atoms with Gasteiger partial charge in [-0.15, -0.1) is 0 Å². The highest BCUT2D eigenvalue weighted by Gasteiger charge is 2.43. The number of rotatable bonds is 7. The lowest BCUT2D eigenvalue weighted by Crippen LogP contribution is -2.52. The fourth-order valence-electron chi connectivity index (χ4n) is 3.40. The molecule has 0 aromatic heterocycles. The summed E-state index contributed by atoms with van der Waals surface area (Å²) >= 11 is 0. The van der Waals surface area contributed by atoms with Crippen LogP contribution in [0.2, 0.25) is 0 Å². The van der Waals surface area contributed by atoms with Crippen LogP contribution in [0.25, 0.3) is 16.3 Å². The molecule has 2 aromatic rings. The third-order valence-electron chi connectivity index (χ3n) is 5.93. The van der Waals surface area contributed by atoms with E-state index >= 15 is 0 Å². The standard InChI is InChI=1S/C24H34O2/c1-9-24(10-2,26-23(7,8)22(5,6)25)19-15-14-18-12-11-13-20(17(3)4)21(18)16-19/h11-16,25H,3,9-10H2,1-2,4-8H3. The molecule has 0 aliphatic carbocycles. The highest BCUT2D eigenvalue weighted by Crippen LogP contribution is 2.41. The molecular weight excluding hydrogens is 320 g/mol. The molecule has 2 aromatic carbocycles. The normalized spacial score (nSPS) is 13.2. The molecule has 0 amide bonds. The van der Waals surface area contributed by atoms with Gasteiger partial charge < -0.3 is 9.84 Å². The Morgan fingerprint density at radius 1 is 1.04 bits per heavy atom. The second kappa shape index (κ2) is 7.17. The summed E-state index contributed by atoms with van der Waals surface area (Å²) in [6, 6.07) is 12.9. The molecule has 0 unspecified atom stereocenters. The Hall–Kier alpha value is -1.64. The molecule has 0 fully saturated rings. The molecule has 0 saturated heterocycles. The van der Waals surface area contributed by atoms with Gasteiger partial charge in [-0.1, -0.05) is 56.3 Å². The van der Waals surface area contributed by atoms with Crippen LogP contribution in [0.15, 0.2) is 43.0 Å². The molecule has 1 N–H and O–H groups in total. The van der Waals surface area contributed by atoms with Crippen molar-refractivity contribution in [2.24, 2.45) is 0 Å². The highest BCUT2D eigenvalue weighted by atomic mass is 16.5. The molecule has 0 radical (unpaired) electrons. The van der Waals surface area contributed by atoms with Crippen molar-refractivity contribution in [2.75, 3.05) is 0 Å². The minimum absolute atomic E-state index is 0.445. The summed E-state index contributed by atoms with van der Waals surface area (Å²) in [6.45, 7) is 18.0. The molecule has 0 atom stereocenters. The number of benzene rings is 2. The Kier molecular flexibility index (Phi) is 5.70. The van der Waals surface area contributed by atoms with Crippen LogP contribution >= 0.6 is 0 Å². The molecule has 2 nitrogen and oxygen atoms in total. The molecule has 0 saturated carbocycles. The molecule has 0 bridgehead atoms. The van der Waals surface area contributed by atoms with E-state index in [0.29, 0.717) is 0 Å². The third kappa shape index (κ3) is 3.72. The average Bonchev–Trinajstić information content (AvgIpc) is 2.57. The Labute approximate surface area is 158 Å². The van der Waals surface area contributed by atoms with Gasteiger partial charge in [0.25, 0.3) is 0 Å². The van der Waals surface area contributed by atoms with Crippen LogP contribution in [0.5, 0.6) is 0 Å². The number of hydrogen-bond donors (Lipinski definition) is 1. The number of allylic oxidation sites excluding steroid dienone is 1. The van der Waals surface area contributed by atoms with E-state index in [2.05, 4.69) is 56.8 Å². The second-order valence-corrected chi connectivity index (χ2v) is 8.39. The van der Waals surface area contributed by atoms with Crippen LogP contribution in [-0.2, 0) is 10.3 Å². The monoisotopic (exact) mass is 354 g/mol. The molecule has 26 heavy (non-hydrogen) atoms. The van der Waals surface area contributed by atoms with Gasteiger partial charge in [0.15, 0.2) is 0 Å². The predicted molar refractivity (Wildman–Crippen MR) is 112 cm³/mol. The SMILES string of the molecule is C=C(C)c1cccc2ccc(C(CC)(CC)OC(C)(C)C(C)(C)O)cc12. The van der Waals surface area contributed by atoms with Gasteiger partial charge >= 0.3 is 0 Å². The quantitative estimate of drug-likeness (QED) is 0.619. The second-order valence-electron chi connectivity index (χ2n) is 8.39. The van der Waals surface area contributed by atoms with Crippen molar-refractivity contribution < 1.29 is 9.84 Å². The zero-order valence-electron chi connectivity index (χ0n) is 17.4. The molecular formula is C24H34O2. The van der Waals surface area contributed by atoms with Crippen molar-refractivity contribution in [3.8, 4) is 0 Å². The Morgan fingerprint density at radius 2 is 1.65 bits per heavy atom. The lowest BCUT2D eigenvalue weighted by atomic mass is 9.82. The summed E-state index contributed by atoms with van der Waals surface area (Å²) in [5.74, 6) is 0. The fraction of sp³-hybridized carbons (Fsp3) is 0.500. The van der Waals surface area contributed by atoms with Crippen molar-refractivity contribution in [1.29, 1.82) is 0 Å². The maximum absolute atomic E-state index is 10.6. The van der Waals surface area contributed by atoms with Crippen LogP contribution in [0.4, 0.5) is 0 Å². The zero-order valence-corrected chi connectivity index (χ0v) is 17.4. The van der Waals surface area contributed by atoms with Gasteiger partial charge in [0.2, 0.25) is 0 Å². The summed E-state index contributed by atoms with van der Waals surface area (Å²) < 4.78 is 6.65. The number of ether oxygens (including phenoxy) is 1. The van der Waals surface area contributed by atoms with E-state index in [1.807, 2.05) is 34.6 Å². The number of hydrogen-bond acceptors (Lipinski definition) is 2. The van der Waals surface area contributed by atoms with E-state index in [4.69, 9.17) is 4.74 Å². The molecule has 2 heteroatoms. The predicted octanol–water partition coefficient (Wildman–Crippen LogP) is 6.45. The summed E-state index contributed by atoms with van der Waals surface area (Å²) in [6.07, 6.45) is 1.67. The van der Waals surface area contributed by atoms with E-state index < -0.39 is 16.8 Å². The van der Waals surface area contributed by atoms with Gasteiger partial charge in [-0.05, 0) is 75.4 Å². The summed E-state index contributed by atoms with van der Waals surface area (Å²) in [7, 11) is 0. The van der Waals surface area contributed by atoms with Crippen molar-refractivity contribution in [3.05, 3.63) is 54.1 Å². The smallest absolute Gasteiger partial charge is 0.0935 e. The zero-order chi connectivity index (χ0) is 19.8. The topological polar surface area (TPSA) is 29.5 Å². The van der Waals surface area contributed by atoms with E-state index in [-0.39, 0.29) is 0 Å². The molecule has 0 spiro atoms. The molecule has 142 valence electrons. The molecule has 2 rings (SSSR count). The first kappa shape index (κ1) is 20.7. The Bertz CT molecular complexity index is 789. The maximum atomic E-state index is 10.6. The summed E-state index contributed by atoms with van der Waals surface area (Å²) in [5, 5.41) is 13.0. The first-order chi connectivity index (χ1) is 12.0. The lowest BCUT2D eigenvalue weighted by Gasteiger charge is -2.46. The Morgan fingerprint density at radius 3 is 2.15 bits per heavy atom. The third-order valence-corrected chi connectivity index (χ3v) is 5.93. The van der Waals surface area contributed by atoms with Crippen LogP contribution < -0.4 is 0 Å². The van der Waals surface area contributed by atoms with E-state index in [0.717, 1.165) is 24.0 Å². The minimum Gasteiger partial charge on any atom is -0.387 e. The van der Waals surface area contributed by atoms with Gasteiger partial charge in [-0.2, -0.15) is 0 Å². The van der Waals surface area contributed by atoms with Crippen LogP contribution in [-0.4, -0.2) is 16.3 Å². The lowest BCUT2D eigenvalue weighted by molar-refractivity contribution is -0.221. The molecule has 0 aliphatic rings. The summed E-state index contributed by atoms with van der Waals surface area (Å²) in [5.41, 5.74) is 1.32. The van der Waals surface area contributed by atoms with E-state index in [9.17, 15) is 5.11 Å². The average molecular weight is 355 g/mol. The van der Waals surface area contributed by atoms with Crippen molar-refractivity contribution in [2.45, 2.75) is 78.1 Å². The van der Waals surface area contributed by atoms with E-state index in [1.54, 1.807) is 0 Å². The summed E-state index contributed by atoms with van der Waals surface area (Å²) in [4.78, 5) is 0. The van der Waals surface area contributed by atoms with Crippen LogP contribution in [0.1, 0.15) is 72.4 Å².